The second kappa shape index (κ2) is 7.17. The smallest absolute Gasteiger partial charge is 0.232 e. The minimum Gasteiger partial charge on any atom is -0.339 e. The minimum absolute atomic E-state index is 0.214. The number of benzene rings is 1. The van der Waals surface area contributed by atoms with E-state index >= 15 is 0 Å². The third kappa shape index (κ3) is 3.70. The van der Waals surface area contributed by atoms with Gasteiger partial charge in [-0.25, -0.2) is 0 Å². The van der Waals surface area contributed by atoms with Gasteiger partial charge in [-0.2, -0.15) is 4.98 Å². The largest absolute Gasteiger partial charge is 0.339 e. The van der Waals surface area contributed by atoms with Crippen LogP contribution in [0.5, 0.6) is 0 Å². The van der Waals surface area contributed by atoms with Crippen molar-refractivity contribution in [1.29, 1.82) is 0 Å². The van der Waals surface area contributed by atoms with E-state index in [1.807, 2.05) is 30.3 Å². The summed E-state index contributed by atoms with van der Waals surface area (Å²) >= 11 is 0. The normalized spacial score (nSPS) is 15.0. The SMILES string of the molecule is CC(=O)C1CN(Cc2ccc(-c3noc(Cc4ccccn4)n3)cc2)C1. The number of rotatable bonds is 6. The van der Waals surface area contributed by atoms with Gasteiger partial charge in [-0.1, -0.05) is 35.5 Å². The second-order valence-corrected chi connectivity index (χ2v) is 6.71. The molecule has 0 saturated carbocycles. The fraction of sp³-hybridized carbons (Fsp3) is 0.300. The van der Waals surface area contributed by atoms with Crippen molar-refractivity contribution in [2.24, 2.45) is 5.92 Å². The van der Waals surface area contributed by atoms with Crippen LogP contribution < -0.4 is 0 Å². The maximum Gasteiger partial charge on any atom is 0.232 e. The molecule has 1 fully saturated rings. The lowest BCUT2D eigenvalue weighted by Gasteiger charge is -2.37. The van der Waals surface area contributed by atoms with Crippen molar-refractivity contribution < 1.29 is 9.32 Å². The van der Waals surface area contributed by atoms with Gasteiger partial charge in [0.1, 0.15) is 5.78 Å². The molecule has 3 heterocycles. The van der Waals surface area contributed by atoms with Crippen LogP contribution in [0.25, 0.3) is 11.4 Å². The van der Waals surface area contributed by atoms with Crippen LogP contribution in [0, 0.1) is 5.92 Å². The summed E-state index contributed by atoms with van der Waals surface area (Å²) in [6, 6.07) is 13.9. The topological polar surface area (TPSA) is 72.1 Å². The van der Waals surface area contributed by atoms with Gasteiger partial charge in [-0.15, -0.1) is 0 Å². The number of ketones is 1. The van der Waals surface area contributed by atoms with E-state index in [4.69, 9.17) is 4.52 Å². The molecule has 3 aromatic rings. The Morgan fingerprint density at radius 3 is 2.69 bits per heavy atom. The molecule has 6 heteroatoms. The van der Waals surface area contributed by atoms with Gasteiger partial charge in [0.2, 0.25) is 11.7 Å². The molecular weight excluding hydrogens is 328 g/mol. The van der Waals surface area contributed by atoms with E-state index in [1.54, 1.807) is 13.1 Å². The molecule has 0 N–H and O–H groups in total. The van der Waals surface area contributed by atoms with Gasteiger partial charge in [0, 0.05) is 43.0 Å². The zero-order valence-electron chi connectivity index (χ0n) is 14.6. The lowest BCUT2D eigenvalue weighted by Crippen LogP contribution is -2.48. The van der Waals surface area contributed by atoms with E-state index in [0.29, 0.717) is 18.1 Å². The van der Waals surface area contributed by atoms with E-state index in [2.05, 4.69) is 32.2 Å². The number of pyridine rings is 1. The van der Waals surface area contributed by atoms with Crippen LogP contribution in [0.4, 0.5) is 0 Å². The first-order chi connectivity index (χ1) is 12.7. The molecule has 26 heavy (non-hydrogen) atoms. The monoisotopic (exact) mass is 348 g/mol. The van der Waals surface area contributed by atoms with Gasteiger partial charge in [-0.05, 0) is 24.6 Å². The Kier molecular flexibility index (Phi) is 4.58. The van der Waals surface area contributed by atoms with Gasteiger partial charge in [0.15, 0.2) is 0 Å². The first-order valence-electron chi connectivity index (χ1n) is 8.72. The summed E-state index contributed by atoms with van der Waals surface area (Å²) < 4.78 is 5.34. The fourth-order valence-corrected chi connectivity index (χ4v) is 3.08. The fourth-order valence-electron chi connectivity index (χ4n) is 3.08. The van der Waals surface area contributed by atoms with Crippen LogP contribution in [0.1, 0.15) is 24.1 Å². The second-order valence-electron chi connectivity index (χ2n) is 6.71. The molecule has 1 aromatic carbocycles. The maximum absolute atomic E-state index is 11.3. The summed E-state index contributed by atoms with van der Waals surface area (Å²) in [5, 5.41) is 4.07. The molecule has 2 aromatic heterocycles. The Morgan fingerprint density at radius 2 is 2.00 bits per heavy atom. The third-order valence-corrected chi connectivity index (χ3v) is 4.68. The van der Waals surface area contributed by atoms with Crippen molar-refractivity contribution in [3.05, 3.63) is 65.8 Å². The number of hydrogen-bond acceptors (Lipinski definition) is 6. The summed E-state index contributed by atoms with van der Waals surface area (Å²) in [5.41, 5.74) is 3.04. The number of Topliss-reactive ketones (excluding diaryl/α,β-unsaturated/α-hetero) is 1. The third-order valence-electron chi connectivity index (χ3n) is 4.68. The molecule has 4 rings (SSSR count). The minimum atomic E-state index is 0.214. The van der Waals surface area contributed by atoms with Crippen LogP contribution >= 0.6 is 0 Å². The van der Waals surface area contributed by atoms with Gasteiger partial charge in [-0.3, -0.25) is 14.7 Å². The number of carbonyl (C=O) groups is 1. The standard InChI is InChI=1S/C20H20N4O2/c1-14(25)17-12-24(13-17)11-15-5-7-16(8-6-15)20-22-19(26-23-20)10-18-4-2-3-9-21-18/h2-9,17H,10-13H2,1H3. The molecule has 0 unspecified atom stereocenters. The molecule has 0 atom stereocenters. The van der Waals surface area contributed by atoms with Gasteiger partial charge < -0.3 is 4.52 Å². The van der Waals surface area contributed by atoms with Crippen molar-refractivity contribution >= 4 is 5.78 Å². The predicted octanol–water partition coefficient (Wildman–Crippen LogP) is 2.74. The van der Waals surface area contributed by atoms with Crippen LogP contribution in [-0.4, -0.2) is 38.9 Å². The van der Waals surface area contributed by atoms with Crippen LogP contribution in [0.15, 0.2) is 53.2 Å². The number of likely N-dealkylation sites (tertiary alicyclic amines) is 1. The Hall–Kier alpha value is -2.86. The first-order valence-corrected chi connectivity index (χ1v) is 8.72. The number of nitrogens with zero attached hydrogens (tertiary/aromatic N) is 4. The van der Waals surface area contributed by atoms with Crippen molar-refractivity contribution in [2.75, 3.05) is 13.1 Å². The molecule has 0 radical (unpaired) electrons. The number of aromatic nitrogens is 3. The van der Waals surface area contributed by atoms with Crippen molar-refractivity contribution in [1.82, 2.24) is 20.0 Å². The number of hydrogen-bond donors (Lipinski definition) is 0. The van der Waals surface area contributed by atoms with Gasteiger partial charge in [0.05, 0.1) is 6.42 Å². The van der Waals surface area contributed by atoms with Gasteiger partial charge >= 0.3 is 0 Å². The quantitative estimate of drug-likeness (QED) is 0.682. The molecule has 132 valence electrons. The van der Waals surface area contributed by atoms with E-state index in [1.165, 1.54) is 5.56 Å². The lowest BCUT2D eigenvalue weighted by atomic mass is 9.95. The molecule has 0 amide bonds. The van der Waals surface area contributed by atoms with Crippen molar-refractivity contribution in [3.8, 4) is 11.4 Å². The Morgan fingerprint density at radius 1 is 1.19 bits per heavy atom. The van der Waals surface area contributed by atoms with Crippen molar-refractivity contribution in [2.45, 2.75) is 19.9 Å². The lowest BCUT2D eigenvalue weighted by molar-refractivity contribution is -0.126. The molecule has 0 aliphatic carbocycles. The summed E-state index contributed by atoms with van der Waals surface area (Å²) in [4.78, 5) is 22.3. The van der Waals surface area contributed by atoms with Crippen LogP contribution in [0.3, 0.4) is 0 Å². The highest BCUT2D eigenvalue weighted by molar-refractivity contribution is 5.79. The Balaban J connectivity index is 1.37. The molecule has 1 saturated heterocycles. The van der Waals surface area contributed by atoms with Gasteiger partial charge in [0.25, 0.3) is 0 Å². The van der Waals surface area contributed by atoms with Crippen LogP contribution in [-0.2, 0) is 17.8 Å². The summed E-state index contributed by atoms with van der Waals surface area (Å²) in [6.45, 7) is 4.25. The molecule has 6 nitrogen and oxygen atoms in total. The maximum atomic E-state index is 11.3. The molecule has 1 aliphatic rings. The highest BCUT2D eigenvalue weighted by atomic mass is 16.5. The van der Waals surface area contributed by atoms with Crippen molar-refractivity contribution in [3.63, 3.8) is 0 Å². The average molecular weight is 348 g/mol. The average Bonchev–Trinajstić information content (AvgIpc) is 3.07. The first kappa shape index (κ1) is 16.6. The summed E-state index contributed by atoms with van der Waals surface area (Å²) in [6.07, 6.45) is 2.28. The zero-order chi connectivity index (χ0) is 17.9. The van der Waals surface area contributed by atoms with E-state index in [9.17, 15) is 4.79 Å². The zero-order valence-corrected chi connectivity index (χ0v) is 14.6. The van der Waals surface area contributed by atoms with E-state index in [0.717, 1.165) is 30.9 Å². The van der Waals surface area contributed by atoms with E-state index in [-0.39, 0.29) is 11.7 Å². The highest BCUT2D eigenvalue weighted by Gasteiger charge is 2.29. The predicted molar refractivity (Wildman–Crippen MR) is 96.2 cm³/mol. The Bertz CT molecular complexity index is 884. The highest BCUT2D eigenvalue weighted by Crippen LogP contribution is 2.22. The Labute approximate surface area is 151 Å². The number of carbonyl (C=O) groups excluding carboxylic acids is 1. The van der Waals surface area contributed by atoms with E-state index < -0.39 is 0 Å². The molecule has 1 aliphatic heterocycles. The summed E-state index contributed by atoms with van der Waals surface area (Å²) in [5.74, 6) is 1.64. The molecular formula is C20H20N4O2. The molecule has 0 spiro atoms. The summed E-state index contributed by atoms with van der Waals surface area (Å²) in [7, 11) is 0. The molecule has 0 bridgehead atoms. The van der Waals surface area contributed by atoms with Crippen LogP contribution in [0.2, 0.25) is 0 Å².